The fraction of sp³-hybridized carbons (Fsp3) is 0.125. The second kappa shape index (κ2) is 6.98. The van der Waals surface area contributed by atoms with Crippen LogP contribution in [0.3, 0.4) is 0 Å². The molecular formula is C16H15BrO4S. The van der Waals surface area contributed by atoms with E-state index in [2.05, 4.69) is 22.5 Å². The van der Waals surface area contributed by atoms with Crippen LogP contribution in [0.2, 0.25) is 0 Å². The van der Waals surface area contributed by atoms with Gasteiger partial charge in [-0.3, -0.25) is 0 Å². The topological polar surface area (TPSA) is 52.6 Å². The van der Waals surface area contributed by atoms with Crippen LogP contribution in [0, 0.1) is 0 Å². The van der Waals surface area contributed by atoms with Gasteiger partial charge in [-0.15, -0.1) is 6.58 Å². The highest BCUT2D eigenvalue weighted by Crippen LogP contribution is 2.31. The lowest BCUT2D eigenvalue weighted by Gasteiger charge is -2.12. The molecule has 0 amide bonds. The maximum atomic E-state index is 12.3. The molecule has 0 saturated carbocycles. The molecule has 0 aromatic heterocycles. The van der Waals surface area contributed by atoms with Crippen molar-refractivity contribution in [3.05, 3.63) is 65.2 Å². The van der Waals surface area contributed by atoms with E-state index in [9.17, 15) is 8.42 Å². The van der Waals surface area contributed by atoms with Crippen molar-refractivity contribution in [1.29, 1.82) is 0 Å². The number of allylic oxidation sites excluding steroid dienone is 1. The summed E-state index contributed by atoms with van der Waals surface area (Å²) in [6.07, 6.45) is 2.42. The maximum Gasteiger partial charge on any atom is 0.339 e. The summed E-state index contributed by atoms with van der Waals surface area (Å²) in [5.74, 6) is 0.512. The zero-order chi connectivity index (χ0) is 16.2. The van der Waals surface area contributed by atoms with Crippen molar-refractivity contribution in [3.8, 4) is 11.5 Å². The number of benzene rings is 2. The summed E-state index contributed by atoms with van der Waals surface area (Å²) in [5, 5.41) is 0. The Kier molecular flexibility index (Phi) is 5.26. The predicted molar refractivity (Wildman–Crippen MR) is 88.9 cm³/mol. The molecule has 0 radical (unpaired) electrons. The molecule has 0 bridgehead atoms. The standard InChI is InChI=1S/C16H15BrO4S/c1-3-4-12-5-10-15(16(11-12)20-2)21-22(18,19)14-8-6-13(17)7-9-14/h3,5-11H,1,4H2,2H3. The first-order valence-corrected chi connectivity index (χ1v) is 8.64. The van der Waals surface area contributed by atoms with Gasteiger partial charge in [0.25, 0.3) is 0 Å². The van der Waals surface area contributed by atoms with Gasteiger partial charge in [0.15, 0.2) is 11.5 Å². The summed E-state index contributed by atoms with van der Waals surface area (Å²) >= 11 is 3.26. The van der Waals surface area contributed by atoms with Gasteiger partial charge in [-0.05, 0) is 48.4 Å². The number of ether oxygens (including phenoxy) is 1. The third kappa shape index (κ3) is 3.90. The van der Waals surface area contributed by atoms with Crippen LogP contribution in [0.25, 0.3) is 0 Å². The molecule has 0 fully saturated rings. The van der Waals surface area contributed by atoms with Gasteiger partial charge in [-0.25, -0.2) is 0 Å². The lowest BCUT2D eigenvalue weighted by molar-refractivity contribution is 0.390. The second-order valence-electron chi connectivity index (χ2n) is 4.47. The van der Waals surface area contributed by atoms with E-state index in [1.54, 1.807) is 36.4 Å². The van der Waals surface area contributed by atoms with Gasteiger partial charge in [-0.2, -0.15) is 8.42 Å². The number of halogens is 1. The molecular weight excluding hydrogens is 368 g/mol. The highest BCUT2D eigenvalue weighted by atomic mass is 79.9. The number of rotatable bonds is 6. The average molecular weight is 383 g/mol. The smallest absolute Gasteiger partial charge is 0.339 e. The molecule has 22 heavy (non-hydrogen) atoms. The molecule has 0 spiro atoms. The highest BCUT2D eigenvalue weighted by Gasteiger charge is 2.19. The summed E-state index contributed by atoms with van der Waals surface area (Å²) in [6.45, 7) is 3.67. The summed E-state index contributed by atoms with van der Waals surface area (Å²) in [6, 6.07) is 11.3. The number of hydrogen-bond donors (Lipinski definition) is 0. The van der Waals surface area contributed by atoms with Crippen molar-refractivity contribution in [2.45, 2.75) is 11.3 Å². The Morgan fingerprint density at radius 2 is 1.82 bits per heavy atom. The first-order chi connectivity index (χ1) is 10.5. The lowest BCUT2D eigenvalue weighted by atomic mass is 10.1. The Morgan fingerprint density at radius 3 is 2.41 bits per heavy atom. The number of methoxy groups -OCH3 is 1. The van der Waals surface area contributed by atoms with Crippen molar-refractivity contribution in [2.75, 3.05) is 7.11 Å². The van der Waals surface area contributed by atoms with Gasteiger partial charge in [0.2, 0.25) is 0 Å². The van der Waals surface area contributed by atoms with Crippen molar-refractivity contribution < 1.29 is 17.3 Å². The van der Waals surface area contributed by atoms with Crippen molar-refractivity contribution in [3.63, 3.8) is 0 Å². The van der Waals surface area contributed by atoms with Crippen molar-refractivity contribution in [2.24, 2.45) is 0 Å². The minimum Gasteiger partial charge on any atom is -0.493 e. The third-order valence-electron chi connectivity index (χ3n) is 2.91. The summed E-state index contributed by atoms with van der Waals surface area (Å²) in [7, 11) is -2.44. The molecule has 2 aromatic carbocycles. The van der Waals surface area contributed by atoms with E-state index in [1.165, 1.54) is 19.2 Å². The van der Waals surface area contributed by atoms with Crippen LogP contribution < -0.4 is 8.92 Å². The molecule has 0 N–H and O–H groups in total. The SMILES string of the molecule is C=CCc1ccc(OS(=O)(=O)c2ccc(Br)cc2)c(OC)c1. The monoisotopic (exact) mass is 382 g/mol. The fourth-order valence-corrected chi connectivity index (χ4v) is 3.05. The zero-order valence-electron chi connectivity index (χ0n) is 12.0. The van der Waals surface area contributed by atoms with E-state index in [1.807, 2.05) is 0 Å². The molecule has 0 atom stereocenters. The van der Waals surface area contributed by atoms with Gasteiger partial charge in [0.05, 0.1) is 7.11 Å². The van der Waals surface area contributed by atoms with E-state index in [0.29, 0.717) is 12.2 Å². The lowest BCUT2D eigenvalue weighted by Crippen LogP contribution is -2.10. The van der Waals surface area contributed by atoms with Crippen molar-refractivity contribution in [1.82, 2.24) is 0 Å². The van der Waals surface area contributed by atoms with Crippen LogP contribution in [0.15, 0.2) is 64.5 Å². The normalized spacial score (nSPS) is 11.0. The second-order valence-corrected chi connectivity index (χ2v) is 6.93. The summed E-state index contributed by atoms with van der Waals surface area (Å²) in [4.78, 5) is 0.0768. The van der Waals surface area contributed by atoms with Gasteiger partial charge in [0, 0.05) is 4.47 Å². The minimum atomic E-state index is -3.91. The van der Waals surface area contributed by atoms with E-state index in [0.717, 1.165) is 10.0 Å². The Bertz CT molecular complexity index is 767. The predicted octanol–water partition coefficient (Wildman–Crippen LogP) is 3.95. The van der Waals surface area contributed by atoms with Gasteiger partial charge >= 0.3 is 10.1 Å². The van der Waals surface area contributed by atoms with E-state index < -0.39 is 10.1 Å². The first-order valence-electron chi connectivity index (χ1n) is 6.44. The third-order valence-corrected chi connectivity index (χ3v) is 4.69. The molecule has 2 aromatic rings. The Balaban J connectivity index is 2.32. The molecule has 0 saturated heterocycles. The van der Waals surface area contributed by atoms with Crippen LogP contribution >= 0.6 is 15.9 Å². The van der Waals surface area contributed by atoms with Crippen LogP contribution in [0.4, 0.5) is 0 Å². The van der Waals surface area contributed by atoms with E-state index >= 15 is 0 Å². The molecule has 0 aliphatic rings. The van der Waals surface area contributed by atoms with E-state index in [-0.39, 0.29) is 10.6 Å². The minimum absolute atomic E-state index is 0.0768. The van der Waals surface area contributed by atoms with Crippen molar-refractivity contribution >= 4 is 26.0 Å². The van der Waals surface area contributed by atoms with Crippen LogP contribution in [-0.2, 0) is 16.5 Å². The quantitative estimate of drug-likeness (QED) is 0.560. The van der Waals surface area contributed by atoms with Gasteiger partial charge < -0.3 is 8.92 Å². The average Bonchev–Trinajstić information content (AvgIpc) is 2.49. The molecule has 2 rings (SSSR count). The van der Waals surface area contributed by atoms with Crippen LogP contribution in [-0.4, -0.2) is 15.5 Å². The molecule has 4 nitrogen and oxygen atoms in total. The van der Waals surface area contributed by atoms with E-state index in [4.69, 9.17) is 8.92 Å². The van der Waals surface area contributed by atoms with Gasteiger partial charge in [-0.1, -0.05) is 28.1 Å². The first kappa shape index (κ1) is 16.6. The maximum absolute atomic E-state index is 12.3. The largest absolute Gasteiger partial charge is 0.493 e. The molecule has 0 aliphatic heterocycles. The molecule has 116 valence electrons. The molecule has 0 heterocycles. The fourth-order valence-electron chi connectivity index (χ4n) is 1.84. The highest BCUT2D eigenvalue weighted by molar-refractivity contribution is 9.10. The zero-order valence-corrected chi connectivity index (χ0v) is 14.4. The van der Waals surface area contributed by atoms with Crippen LogP contribution in [0.1, 0.15) is 5.56 Å². The Labute approximate surface area is 138 Å². The summed E-state index contributed by atoms with van der Waals surface area (Å²) < 4.78 is 35.7. The Hall–Kier alpha value is -1.79. The summed E-state index contributed by atoms with van der Waals surface area (Å²) in [5.41, 5.74) is 0.959. The number of hydrogen-bond acceptors (Lipinski definition) is 4. The van der Waals surface area contributed by atoms with Crippen LogP contribution in [0.5, 0.6) is 11.5 Å². The molecule has 0 unspecified atom stereocenters. The molecule has 6 heteroatoms. The van der Waals surface area contributed by atoms with Gasteiger partial charge in [0.1, 0.15) is 4.90 Å². The Morgan fingerprint density at radius 1 is 1.14 bits per heavy atom. The molecule has 0 aliphatic carbocycles.